The fourth-order valence-corrected chi connectivity index (χ4v) is 4.79. The highest BCUT2D eigenvalue weighted by molar-refractivity contribution is 5.80. The molecule has 2 bridgehead atoms. The lowest BCUT2D eigenvalue weighted by molar-refractivity contribution is -0.319. The molecule has 30 heavy (non-hydrogen) atoms. The smallest absolute Gasteiger partial charge is 0.328 e. The van der Waals surface area contributed by atoms with Crippen LogP contribution in [0.25, 0.3) is 0 Å². The molecule has 3 fully saturated rings. The van der Waals surface area contributed by atoms with E-state index in [0.717, 1.165) is 6.08 Å². The van der Waals surface area contributed by atoms with Crippen molar-refractivity contribution in [1.29, 1.82) is 0 Å². The van der Waals surface area contributed by atoms with Crippen molar-refractivity contribution in [3.8, 4) is 0 Å². The number of carboxylic acids is 1. The maximum Gasteiger partial charge on any atom is 0.328 e. The zero-order valence-corrected chi connectivity index (χ0v) is 16.9. The van der Waals surface area contributed by atoms with Crippen molar-refractivity contribution in [1.82, 2.24) is 0 Å². The van der Waals surface area contributed by atoms with Crippen LogP contribution in [0.15, 0.2) is 24.3 Å². The van der Waals surface area contributed by atoms with Gasteiger partial charge in [-0.2, -0.15) is 0 Å². The first-order valence-electron chi connectivity index (χ1n) is 9.87. The highest BCUT2D eigenvalue weighted by Gasteiger charge is 2.67. The fourth-order valence-electron chi connectivity index (χ4n) is 4.79. The van der Waals surface area contributed by atoms with Crippen molar-refractivity contribution in [2.45, 2.75) is 74.7 Å². The number of ether oxygens (including phenoxy) is 3. The molecule has 2 aliphatic heterocycles. The third-order valence-corrected chi connectivity index (χ3v) is 6.59. The molecule has 0 aromatic carbocycles. The van der Waals surface area contributed by atoms with Crippen LogP contribution in [0.5, 0.6) is 0 Å². The summed E-state index contributed by atoms with van der Waals surface area (Å²) < 4.78 is 17.3. The standard InChI is InChI=1S/C20H30O10/c1-18-7-11(29-17-16(26)15(25)14(24)12(9-21)30-17)8-19(2,28-10-18)20(18,27)6-4-3-5-13(22)23/h3-6,11-12,14-17,21,24-27H,7-10H2,1-2H3,(H,22,23)/b5-3+,6-4+/t11-,12-,14-,15+,16-,17-,18+,19-,20+/m1/s1. The first-order chi connectivity index (χ1) is 14.0. The first kappa shape index (κ1) is 23.3. The Hall–Kier alpha value is -1.37. The number of aliphatic carboxylic acids is 1. The summed E-state index contributed by atoms with van der Waals surface area (Å²) in [5.41, 5.74) is -3.21. The van der Waals surface area contributed by atoms with Gasteiger partial charge in [-0.05, 0) is 19.4 Å². The molecule has 2 saturated heterocycles. The van der Waals surface area contributed by atoms with Crippen molar-refractivity contribution < 1.29 is 49.6 Å². The first-order valence-corrected chi connectivity index (χ1v) is 9.87. The van der Waals surface area contributed by atoms with Crippen molar-refractivity contribution in [2.75, 3.05) is 13.2 Å². The van der Waals surface area contributed by atoms with Crippen molar-refractivity contribution in [2.24, 2.45) is 5.41 Å². The van der Waals surface area contributed by atoms with E-state index in [4.69, 9.17) is 19.3 Å². The molecule has 170 valence electrons. The van der Waals surface area contributed by atoms with E-state index < -0.39 is 66.0 Å². The summed E-state index contributed by atoms with van der Waals surface area (Å²) in [7, 11) is 0. The van der Waals surface area contributed by atoms with Crippen LogP contribution in [0.1, 0.15) is 26.7 Å². The number of aliphatic hydroxyl groups is 5. The number of allylic oxidation sites excluding steroid dienone is 2. The van der Waals surface area contributed by atoms with Crippen LogP contribution in [0.2, 0.25) is 0 Å². The largest absolute Gasteiger partial charge is 0.478 e. The third-order valence-electron chi connectivity index (χ3n) is 6.59. The SMILES string of the molecule is C[C@@]12CO[C@](C)(C[C@H](O[C@@H]3O[C@H](CO)[C@@H](O)[C@H](O)[C@H]3O)C1)[C@]2(O)/C=C/C=C/C(=O)O. The molecule has 2 heterocycles. The minimum atomic E-state index is -1.54. The van der Waals surface area contributed by atoms with Gasteiger partial charge in [0.15, 0.2) is 6.29 Å². The second-order valence-corrected chi connectivity index (χ2v) is 8.77. The van der Waals surface area contributed by atoms with Gasteiger partial charge in [0.2, 0.25) is 0 Å². The summed E-state index contributed by atoms with van der Waals surface area (Å²) >= 11 is 0. The zero-order valence-electron chi connectivity index (χ0n) is 16.9. The molecular weight excluding hydrogens is 400 g/mol. The van der Waals surface area contributed by atoms with E-state index in [1.165, 1.54) is 18.2 Å². The second-order valence-electron chi connectivity index (χ2n) is 8.77. The predicted octanol–water partition coefficient (Wildman–Crippen LogP) is -1.31. The number of fused-ring (bicyclic) bond motifs is 2. The van der Waals surface area contributed by atoms with Gasteiger partial charge >= 0.3 is 5.97 Å². The maximum atomic E-state index is 11.5. The van der Waals surface area contributed by atoms with Gasteiger partial charge in [-0.1, -0.05) is 19.1 Å². The Bertz CT molecular complexity index is 686. The molecular formula is C20H30O10. The quantitative estimate of drug-likeness (QED) is 0.220. The lowest BCUT2D eigenvalue weighted by Crippen LogP contribution is -2.63. The number of rotatable bonds is 6. The monoisotopic (exact) mass is 430 g/mol. The number of carboxylic acid groups (broad SMARTS) is 1. The highest BCUT2D eigenvalue weighted by atomic mass is 16.7. The Morgan fingerprint density at radius 3 is 2.43 bits per heavy atom. The van der Waals surface area contributed by atoms with E-state index in [-0.39, 0.29) is 13.0 Å². The molecule has 0 unspecified atom stereocenters. The summed E-state index contributed by atoms with van der Waals surface area (Å²) in [5.74, 6) is -1.10. The highest BCUT2D eigenvalue weighted by Crippen LogP contribution is 2.58. The van der Waals surface area contributed by atoms with Crippen LogP contribution in [0.4, 0.5) is 0 Å². The van der Waals surface area contributed by atoms with Crippen molar-refractivity contribution in [3.05, 3.63) is 24.3 Å². The predicted molar refractivity (Wildman–Crippen MR) is 101 cm³/mol. The van der Waals surface area contributed by atoms with E-state index in [1.54, 1.807) is 6.92 Å². The van der Waals surface area contributed by atoms with Crippen molar-refractivity contribution >= 4 is 5.97 Å². The van der Waals surface area contributed by atoms with Gasteiger partial charge in [0.05, 0.1) is 19.3 Å². The summed E-state index contributed by atoms with van der Waals surface area (Å²) in [6, 6.07) is 0. The third kappa shape index (κ3) is 3.82. The van der Waals surface area contributed by atoms with Crippen LogP contribution in [-0.2, 0) is 19.0 Å². The van der Waals surface area contributed by atoms with Gasteiger partial charge in [0, 0.05) is 17.9 Å². The lowest BCUT2D eigenvalue weighted by Gasteiger charge is -2.51. The van der Waals surface area contributed by atoms with Gasteiger partial charge < -0.3 is 44.8 Å². The topological polar surface area (TPSA) is 166 Å². The van der Waals surface area contributed by atoms with Gasteiger partial charge in [0.25, 0.3) is 0 Å². The van der Waals surface area contributed by atoms with Gasteiger partial charge in [-0.25, -0.2) is 4.79 Å². The molecule has 6 N–H and O–H groups in total. The molecule has 3 rings (SSSR count). The van der Waals surface area contributed by atoms with Crippen molar-refractivity contribution in [3.63, 3.8) is 0 Å². The number of hydrogen-bond donors (Lipinski definition) is 6. The Morgan fingerprint density at radius 2 is 1.83 bits per heavy atom. The molecule has 9 atom stereocenters. The molecule has 0 radical (unpaired) electrons. The van der Waals surface area contributed by atoms with Crippen LogP contribution in [0.3, 0.4) is 0 Å². The minimum absolute atomic E-state index is 0.237. The van der Waals surface area contributed by atoms with E-state index in [1.807, 2.05) is 6.92 Å². The Balaban J connectivity index is 1.76. The van der Waals surface area contributed by atoms with Gasteiger partial charge in [-0.3, -0.25) is 0 Å². The molecule has 0 amide bonds. The Morgan fingerprint density at radius 1 is 1.13 bits per heavy atom. The molecule has 0 spiro atoms. The van der Waals surface area contributed by atoms with Crippen LogP contribution < -0.4 is 0 Å². The van der Waals surface area contributed by atoms with E-state index in [2.05, 4.69) is 0 Å². The molecule has 1 saturated carbocycles. The minimum Gasteiger partial charge on any atom is -0.478 e. The Labute approximate surface area is 174 Å². The number of hydrogen-bond acceptors (Lipinski definition) is 9. The number of aliphatic hydroxyl groups excluding tert-OH is 4. The molecule has 10 heteroatoms. The van der Waals surface area contributed by atoms with Crippen LogP contribution in [-0.4, -0.2) is 97.8 Å². The summed E-state index contributed by atoms with van der Waals surface area (Å²) in [6.45, 7) is 3.24. The molecule has 1 aliphatic carbocycles. The fraction of sp³-hybridized carbons (Fsp3) is 0.750. The lowest BCUT2D eigenvalue weighted by atomic mass is 9.59. The maximum absolute atomic E-state index is 11.5. The van der Waals surface area contributed by atoms with Crippen LogP contribution >= 0.6 is 0 Å². The normalized spacial score (nSPS) is 49.2. The van der Waals surface area contributed by atoms with Crippen LogP contribution in [0, 0.1) is 5.41 Å². The average Bonchev–Trinajstić information content (AvgIpc) is 2.79. The number of carbonyl (C=O) groups is 1. The molecule has 0 aromatic heterocycles. The van der Waals surface area contributed by atoms with E-state index in [9.17, 15) is 30.3 Å². The zero-order chi connectivity index (χ0) is 22.3. The summed E-state index contributed by atoms with van der Waals surface area (Å²) in [6.07, 6.45) is -1.51. The summed E-state index contributed by atoms with van der Waals surface area (Å²) in [4.78, 5) is 10.6. The van der Waals surface area contributed by atoms with Gasteiger partial charge in [-0.15, -0.1) is 0 Å². The average molecular weight is 430 g/mol. The van der Waals surface area contributed by atoms with Gasteiger partial charge in [0.1, 0.15) is 35.6 Å². The Kier molecular flexibility index (Phi) is 6.43. The molecule has 3 aliphatic rings. The molecule has 0 aromatic rings. The molecule has 10 nitrogen and oxygen atoms in total. The summed E-state index contributed by atoms with van der Waals surface area (Å²) in [5, 5.41) is 59.6. The van der Waals surface area contributed by atoms with E-state index in [0.29, 0.717) is 6.42 Å². The van der Waals surface area contributed by atoms with E-state index >= 15 is 0 Å². The second kappa shape index (κ2) is 8.29.